The summed E-state index contributed by atoms with van der Waals surface area (Å²) in [6, 6.07) is 6.75. The third-order valence-corrected chi connectivity index (χ3v) is 3.00. The Labute approximate surface area is 114 Å². The Bertz CT molecular complexity index is 602. The summed E-state index contributed by atoms with van der Waals surface area (Å²) in [6.07, 6.45) is 1.46. The fourth-order valence-corrected chi connectivity index (χ4v) is 1.74. The SMILES string of the molecule is Cc1cccc(C(=O)Nc2nccc(Cl)n2)c1Cl. The van der Waals surface area contributed by atoms with E-state index in [9.17, 15) is 4.79 Å². The van der Waals surface area contributed by atoms with Gasteiger partial charge < -0.3 is 0 Å². The van der Waals surface area contributed by atoms with Crippen LogP contribution in [0.3, 0.4) is 0 Å². The molecule has 92 valence electrons. The van der Waals surface area contributed by atoms with E-state index in [-0.39, 0.29) is 17.0 Å². The third-order valence-electron chi connectivity index (χ3n) is 2.28. The maximum atomic E-state index is 12.0. The van der Waals surface area contributed by atoms with Crippen molar-refractivity contribution in [2.24, 2.45) is 0 Å². The summed E-state index contributed by atoms with van der Waals surface area (Å²) in [5.41, 5.74) is 1.21. The van der Waals surface area contributed by atoms with Gasteiger partial charge in [0, 0.05) is 6.20 Å². The predicted octanol–water partition coefficient (Wildman–Crippen LogP) is 3.34. The van der Waals surface area contributed by atoms with Crippen LogP contribution in [0.2, 0.25) is 10.2 Å². The van der Waals surface area contributed by atoms with Crippen molar-refractivity contribution in [2.75, 3.05) is 5.32 Å². The standard InChI is InChI=1S/C12H9Cl2N3O/c1-7-3-2-4-8(10(7)14)11(18)17-12-15-6-5-9(13)16-12/h2-6H,1H3,(H,15,16,17,18). The topological polar surface area (TPSA) is 54.9 Å². The number of carbonyl (C=O) groups excluding carboxylic acids is 1. The smallest absolute Gasteiger partial charge is 0.259 e. The molecule has 6 heteroatoms. The predicted molar refractivity (Wildman–Crippen MR) is 71.2 cm³/mol. The number of benzene rings is 1. The molecule has 0 atom stereocenters. The van der Waals surface area contributed by atoms with Crippen LogP contribution in [0.1, 0.15) is 15.9 Å². The fourth-order valence-electron chi connectivity index (χ4n) is 1.39. The van der Waals surface area contributed by atoms with Crippen LogP contribution in [0.25, 0.3) is 0 Å². The Morgan fingerprint density at radius 2 is 2.06 bits per heavy atom. The van der Waals surface area contributed by atoms with E-state index in [1.165, 1.54) is 12.3 Å². The van der Waals surface area contributed by atoms with E-state index in [2.05, 4.69) is 15.3 Å². The first kappa shape index (κ1) is 12.8. The second-order valence-electron chi connectivity index (χ2n) is 3.59. The Hall–Kier alpha value is -1.65. The van der Waals surface area contributed by atoms with E-state index in [4.69, 9.17) is 23.2 Å². The number of hydrogen-bond donors (Lipinski definition) is 1. The highest BCUT2D eigenvalue weighted by molar-refractivity contribution is 6.35. The molecule has 1 amide bonds. The summed E-state index contributed by atoms with van der Waals surface area (Å²) >= 11 is 11.8. The van der Waals surface area contributed by atoms with E-state index in [1.54, 1.807) is 12.1 Å². The number of halogens is 2. The average Bonchev–Trinajstić information content (AvgIpc) is 2.32. The van der Waals surface area contributed by atoms with Gasteiger partial charge in [0.25, 0.3) is 5.91 Å². The lowest BCUT2D eigenvalue weighted by molar-refractivity contribution is 0.102. The molecule has 1 heterocycles. The molecule has 0 aliphatic heterocycles. The molecule has 0 aliphatic carbocycles. The first-order chi connectivity index (χ1) is 8.58. The molecule has 0 saturated heterocycles. The number of carbonyl (C=O) groups is 1. The van der Waals surface area contributed by atoms with Crippen LogP contribution in [-0.2, 0) is 0 Å². The van der Waals surface area contributed by atoms with Gasteiger partial charge in [-0.2, -0.15) is 0 Å². The highest BCUT2D eigenvalue weighted by Crippen LogP contribution is 2.21. The van der Waals surface area contributed by atoms with E-state index in [1.807, 2.05) is 13.0 Å². The van der Waals surface area contributed by atoms with Gasteiger partial charge in [-0.3, -0.25) is 10.1 Å². The molecule has 2 aromatic rings. The molecule has 4 nitrogen and oxygen atoms in total. The Kier molecular flexibility index (Phi) is 3.79. The van der Waals surface area contributed by atoms with Crippen LogP contribution in [0.4, 0.5) is 5.95 Å². The first-order valence-electron chi connectivity index (χ1n) is 5.13. The van der Waals surface area contributed by atoms with Crippen molar-refractivity contribution in [3.05, 3.63) is 51.8 Å². The monoisotopic (exact) mass is 281 g/mol. The number of aromatic nitrogens is 2. The van der Waals surface area contributed by atoms with Crippen LogP contribution in [-0.4, -0.2) is 15.9 Å². The van der Waals surface area contributed by atoms with Gasteiger partial charge in [-0.05, 0) is 24.6 Å². The molecule has 0 radical (unpaired) electrons. The number of aryl methyl sites for hydroxylation is 1. The minimum absolute atomic E-state index is 0.144. The van der Waals surface area contributed by atoms with Gasteiger partial charge in [-0.25, -0.2) is 9.97 Å². The Morgan fingerprint density at radius 3 is 2.78 bits per heavy atom. The number of anilines is 1. The number of amides is 1. The van der Waals surface area contributed by atoms with Crippen LogP contribution in [0, 0.1) is 6.92 Å². The summed E-state index contributed by atoms with van der Waals surface area (Å²) in [6.45, 7) is 1.83. The van der Waals surface area contributed by atoms with E-state index >= 15 is 0 Å². The second-order valence-corrected chi connectivity index (χ2v) is 4.36. The molecule has 1 aromatic carbocycles. The Balaban J connectivity index is 2.25. The molecule has 0 saturated carbocycles. The molecule has 1 aromatic heterocycles. The van der Waals surface area contributed by atoms with Gasteiger partial charge in [0.05, 0.1) is 10.6 Å². The lowest BCUT2D eigenvalue weighted by Gasteiger charge is -2.06. The highest BCUT2D eigenvalue weighted by Gasteiger charge is 2.12. The van der Waals surface area contributed by atoms with Crippen LogP contribution >= 0.6 is 23.2 Å². The molecule has 0 fully saturated rings. The molecule has 0 unspecified atom stereocenters. The van der Waals surface area contributed by atoms with Crippen molar-refractivity contribution < 1.29 is 4.79 Å². The molecule has 0 aliphatic rings. The second kappa shape index (κ2) is 5.33. The molecule has 1 N–H and O–H groups in total. The fraction of sp³-hybridized carbons (Fsp3) is 0.0833. The maximum Gasteiger partial charge on any atom is 0.259 e. The van der Waals surface area contributed by atoms with Crippen molar-refractivity contribution in [3.63, 3.8) is 0 Å². The number of rotatable bonds is 2. The lowest BCUT2D eigenvalue weighted by atomic mass is 10.1. The zero-order chi connectivity index (χ0) is 13.1. The summed E-state index contributed by atoms with van der Waals surface area (Å²) in [7, 11) is 0. The zero-order valence-corrected chi connectivity index (χ0v) is 11.0. The molecule has 0 spiro atoms. The maximum absolute atomic E-state index is 12.0. The lowest BCUT2D eigenvalue weighted by Crippen LogP contribution is -2.14. The van der Waals surface area contributed by atoms with Gasteiger partial charge in [0.1, 0.15) is 5.15 Å². The molecular weight excluding hydrogens is 273 g/mol. The van der Waals surface area contributed by atoms with Gasteiger partial charge in [0.2, 0.25) is 5.95 Å². The van der Waals surface area contributed by atoms with Crippen molar-refractivity contribution in [1.82, 2.24) is 9.97 Å². The zero-order valence-electron chi connectivity index (χ0n) is 9.45. The van der Waals surface area contributed by atoms with Crippen LogP contribution in [0.5, 0.6) is 0 Å². The molecule has 18 heavy (non-hydrogen) atoms. The van der Waals surface area contributed by atoms with Crippen molar-refractivity contribution in [1.29, 1.82) is 0 Å². The first-order valence-corrected chi connectivity index (χ1v) is 5.88. The minimum Gasteiger partial charge on any atom is -0.290 e. The van der Waals surface area contributed by atoms with Crippen molar-refractivity contribution in [3.8, 4) is 0 Å². The number of nitrogens with one attached hydrogen (secondary N) is 1. The summed E-state index contributed by atoms with van der Waals surface area (Å²) < 4.78 is 0. The minimum atomic E-state index is -0.369. The van der Waals surface area contributed by atoms with Gasteiger partial charge in [-0.15, -0.1) is 0 Å². The quantitative estimate of drug-likeness (QED) is 0.859. The van der Waals surface area contributed by atoms with E-state index in [0.29, 0.717) is 10.6 Å². The third kappa shape index (κ3) is 2.78. The summed E-state index contributed by atoms with van der Waals surface area (Å²) in [4.78, 5) is 19.7. The van der Waals surface area contributed by atoms with E-state index in [0.717, 1.165) is 5.56 Å². The van der Waals surface area contributed by atoms with Crippen molar-refractivity contribution in [2.45, 2.75) is 6.92 Å². The normalized spacial score (nSPS) is 10.2. The Morgan fingerprint density at radius 1 is 1.28 bits per heavy atom. The average molecular weight is 282 g/mol. The number of nitrogens with zero attached hydrogens (tertiary/aromatic N) is 2. The molecule has 0 bridgehead atoms. The number of hydrogen-bond acceptors (Lipinski definition) is 3. The largest absolute Gasteiger partial charge is 0.290 e. The van der Waals surface area contributed by atoms with Gasteiger partial charge in [-0.1, -0.05) is 35.3 Å². The molecular formula is C12H9Cl2N3O. The summed E-state index contributed by atoms with van der Waals surface area (Å²) in [5, 5.41) is 3.21. The van der Waals surface area contributed by atoms with Crippen LogP contribution in [0.15, 0.2) is 30.5 Å². The van der Waals surface area contributed by atoms with Gasteiger partial charge in [0.15, 0.2) is 0 Å². The highest BCUT2D eigenvalue weighted by atomic mass is 35.5. The summed E-state index contributed by atoms with van der Waals surface area (Å²) in [5.74, 6) is -0.226. The van der Waals surface area contributed by atoms with Gasteiger partial charge >= 0.3 is 0 Å². The van der Waals surface area contributed by atoms with Crippen molar-refractivity contribution >= 4 is 35.1 Å². The van der Waals surface area contributed by atoms with E-state index < -0.39 is 0 Å². The molecule has 2 rings (SSSR count). The van der Waals surface area contributed by atoms with Crippen LogP contribution < -0.4 is 5.32 Å².